The van der Waals surface area contributed by atoms with Crippen molar-refractivity contribution in [1.29, 1.82) is 0 Å². The Morgan fingerprint density at radius 2 is 1.84 bits per heavy atom. The molecule has 0 radical (unpaired) electrons. The number of imidazole rings is 1. The van der Waals surface area contributed by atoms with Crippen molar-refractivity contribution in [3.63, 3.8) is 0 Å². The fraction of sp³-hybridized carbons (Fsp3) is 0.393. The van der Waals surface area contributed by atoms with E-state index in [1.807, 2.05) is 19.1 Å². The van der Waals surface area contributed by atoms with Gasteiger partial charge in [0.25, 0.3) is 11.7 Å². The molecule has 0 bridgehead atoms. The van der Waals surface area contributed by atoms with Gasteiger partial charge in [-0.1, -0.05) is 18.2 Å². The molecule has 2 saturated heterocycles. The first-order valence-electron chi connectivity index (χ1n) is 12.6. The number of nitrogens with zero attached hydrogens (tertiary/aromatic N) is 4. The highest BCUT2D eigenvalue weighted by Gasteiger charge is 2.48. The van der Waals surface area contributed by atoms with Crippen LogP contribution in [0.1, 0.15) is 28.6 Å². The van der Waals surface area contributed by atoms with E-state index in [0.717, 1.165) is 18.7 Å². The van der Waals surface area contributed by atoms with Gasteiger partial charge >= 0.3 is 0 Å². The topological polar surface area (TPSA) is 106 Å². The Kier molecular flexibility index (Phi) is 7.09. The van der Waals surface area contributed by atoms with Crippen LogP contribution in [0.15, 0.2) is 42.1 Å². The average Bonchev–Trinajstić information content (AvgIpc) is 3.40. The highest BCUT2D eigenvalue weighted by molar-refractivity contribution is 6.46. The van der Waals surface area contributed by atoms with E-state index in [1.165, 1.54) is 19.1 Å². The largest absolute Gasteiger partial charge is 0.505 e. The van der Waals surface area contributed by atoms with Crippen LogP contribution in [-0.4, -0.2) is 89.6 Å². The van der Waals surface area contributed by atoms with Crippen LogP contribution in [0, 0.1) is 13.8 Å². The number of hydrogen-bond acceptors (Lipinski definition) is 8. The number of aliphatic hydroxyl groups is 1. The molecule has 2 fully saturated rings. The monoisotopic (exact) mass is 520 g/mol. The number of hydrogen-bond donors (Lipinski definition) is 1. The van der Waals surface area contributed by atoms with Gasteiger partial charge in [0.1, 0.15) is 11.3 Å². The molecule has 3 aromatic rings. The molecule has 1 atom stereocenters. The fourth-order valence-electron chi connectivity index (χ4n) is 5.37. The summed E-state index contributed by atoms with van der Waals surface area (Å²) in [4.78, 5) is 35.4. The van der Waals surface area contributed by atoms with Crippen LogP contribution < -0.4 is 9.47 Å². The molecule has 1 amide bonds. The van der Waals surface area contributed by atoms with E-state index in [0.29, 0.717) is 53.9 Å². The van der Waals surface area contributed by atoms with Gasteiger partial charge in [-0.15, -0.1) is 0 Å². The van der Waals surface area contributed by atoms with Crippen molar-refractivity contribution < 1.29 is 28.9 Å². The molecular weight excluding hydrogens is 488 g/mol. The highest BCUT2D eigenvalue weighted by Crippen LogP contribution is 2.45. The van der Waals surface area contributed by atoms with E-state index >= 15 is 0 Å². The number of carbonyl (C=O) groups excluding carboxylic acids is 2. The van der Waals surface area contributed by atoms with Crippen molar-refractivity contribution in [2.75, 3.05) is 53.6 Å². The van der Waals surface area contributed by atoms with E-state index in [1.54, 1.807) is 35.7 Å². The molecule has 0 spiro atoms. The number of likely N-dealkylation sites (tertiary alicyclic amines) is 1. The summed E-state index contributed by atoms with van der Waals surface area (Å²) in [6.45, 7) is 7.30. The third kappa shape index (κ3) is 4.29. The Morgan fingerprint density at radius 3 is 2.55 bits per heavy atom. The zero-order chi connectivity index (χ0) is 27.0. The van der Waals surface area contributed by atoms with Crippen molar-refractivity contribution in [2.45, 2.75) is 19.9 Å². The second-order valence-electron chi connectivity index (χ2n) is 9.46. The number of benzene rings is 1. The molecule has 2 aliphatic rings. The van der Waals surface area contributed by atoms with E-state index in [9.17, 15) is 14.7 Å². The number of para-hydroxylation sites is 1. The van der Waals surface area contributed by atoms with Crippen LogP contribution in [0.2, 0.25) is 0 Å². The van der Waals surface area contributed by atoms with E-state index in [-0.39, 0.29) is 17.9 Å². The van der Waals surface area contributed by atoms with Crippen LogP contribution in [-0.2, 0) is 14.3 Å². The van der Waals surface area contributed by atoms with Gasteiger partial charge in [-0.2, -0.15) is 0 Å². The van der Waals surface area contributed by atoms with Gasteiger partial charge in [0, 0.05) is 37.9 Å². The number of amides is 1. The number of carbonyl (C=O) groups is 2. The Bertz CT molecular complexity index is 1420. The Hall–Kier alpha value is -3.89. The minimum atomic E-state index is -0.879. The van der Waals surface area contributed by atoms with Crippen molar-refractivity contribution in [2.24, 2.45) is 0 Å². The molecule has 0 saturated carbocycles. The van der Waals surface area contributed by atoms with Crippen molar-refractivity contribution in [3.05, 3.63) is 64.6 Å². The standard InChI is InChI=1S/C28H32N4O6/c1-17-7-6-10-31-22(18(2)29-27(17)31)24(33)21-23(19-8-5-9-20(36-3)26(19)37-4)32(28(35)25(21)34)12-11-30-13-15-38-16-14-30/h5-10,23,33H,11-16H2,1-4H3/b24-21+. The second-order valence-corrected chi connectivity index (χ2v) is 9.46. The summed E-state index contributed by atoms with van der Waals surface area (Å²) in [6.07, 6.45) is 1.78. The molecule has 4 heterocycles. The van der Waals surface area contributed by atoms with Crippen LogP contribution in [0.25, 0.3) is 11.4 Å². The number of aryl methyl sites for hydroxylation is 2. The maximum Gasteiger partial charge on any atom is 0.295 e. The van der Waals surface area contributed by atoms with Crippen molar-refractivity contribution in [3.8, 4) is 11.5 Å². The average molecular weight is 521 g/mol. The fourth-order valence-corrected chi connectivity index (χ4v) is 5.37. The van der Waals surface area contributed by atoms with Gasteiger partial charge in [0.2, 0.25) is 0 Å². The lowest BCUT2D eigenvalue weighted by Gasteiger charge is -2.31. The van der Waals surface area contributed by atoms with Gasteiger partial charge in [0.15, 0.2) is 17.3 Å². The van der Waals surface area contributed by atoms with Gasteiger partial charge < -0.3 is 24.2 Å². The first-order valence-corrected chi connectivity index (χ1v) is 12.6. The van der Waals surface area contributed by atoms with Gasteiger partial charge in [-0.05, 0) is 31.5 Å². The lowest BCUT2D eigenvalue weighted by Crippen LogP contribution is -2.42. The normalized spacial score (nSPS) is 19.9. The number of rotatable bonds is 7. The zero-order valence-corrected chi connectivity index (χ0v) is 22.1. The molecule has 0 aliphatic carbocycles. The third-order valence-corrected chi connectivity index (χ3v) is 7.27. The number of Topliss-reactive ketones (excluding diaryl/α,β-unsaturated/α-hetero) is 1. The predicted octanol–water partition coefficient (Wildman–Crippen LogP) is 2.72. The van der Waals surface area contributed by atoms with E-state index in [4.69, 9.17) is 14.2 Å². The van der Waals surface area contributed by atoms with Crippen LogP contribution in [0.4, 0.5) is 0 Å². The molecule has 1 unspecified atom stereocenters. The molecule has 2 aromatic heterocycles. The highest BCUT2D eigenvalue weighted by atomic mass is 16.5. The number of fused-ring (bicyclic) bond motifs is 1. The van der Waals surface area contributed by atoms with Crippen LogP contribution >= 0.6 is 0 Å². The van der Waals surface area contributed by atoms with E-state index < -0.39 is 17.7 Å². The summed E-state index contributed by atoms with van der Waals surface area (Å²) in [7, 11) is 3.04. The van der Waals surface area contributed by atoms with Crippen molar-refractivity contribution in [1.82, 2.24) is 19.2 Å². The molecule has 1 N–H and O–H groups in total. The minimum absolute atomic E-state index is 0.00469. The number of methoxy groups -OCH3 is 2. The maximum atomic E-state index is 13.6. The maximum absolute atomic E-state index is 13.6. The summed E-state index contributed by atoms with van der Waals surface area (Å²) in [5.74, 6) is -0.832. The number of pyridine rings is 1. The van der Waals surface area contributed by atoms with Crippen molar-refractivity contribution >= 4 is 23.1 Å². The molecule has 10 heteroatoms. The Balaban J connectivity index is 1.68. The number of aliphatic hydroxyl groups excluding tert-OH is 1. The lowest BCUT2D eigenvalue weighted by atomic mass is 9.95. The minimum Gasteiger partial charge on any atom is -0.505 e. The van der Waals surface area contributed by atoms with Crippen LogP contribution in [0.5, 0.6) is 11.5 Å². The number of morpholine rings is 1. The molecular formula is C28H32N4O6. The Morgan fingerprint density at radius 1 is 1.08 bits per heavy atom. The lowest BCUT2D eigenvalue weighted by molar-refractivity contribution is -0.140. The molecule has 10 nitrogen and oxygen atoms in total. The summed E-state index contributed by atoms with van der Waals surface area (Å²) in [5.41, 5.74) is 3.07. The SMILES string of the molecule is COc1cccc(C2/C(=C(\O)c3c(C)nc4c(C)cccn34)C(=O)C(=O)N2CCN2CCOCC2)c1OC. The summed E-state index contributed by atoms with van der Waals surface area (Å²) < 4.78 is 18.4. The first-order chi connectivity index (χ1) is 18.4. The predicted molar refractivity (Wildman–Crippen MR) is 140 cm³/mol. The molecule has 1 aromatic carbocycles. The summed E-state index contributed by atoms with van der Waals surface area (Å²) in [5, 5.41) is 11.7. The third-order valence-electron chi connectivity index (χ3n) is 7.27. The van der Waals surface area contributed by atoms with E-state index in [2.05, 4.69) is 9.88 Å². The Labute approximate surface area is 221 Å². The van der Waals surface area contributed by atoms with Gasteiger partial charge in [0.05, 0.1) is 44.7 Å². The molecule has 2 aliphatic heterocycles. The smallest absolute Gasteiger partial charge is 0.295 e. The first kappa shape index (κ1) is 25.7. The number of aromatic nitrogens is 2. The van der Waals surface area contributed by atoms with Gasteiger partial charge in [-0.25, -0.2) is 4.98 Å². The number of ether oxygens (including phenoxy) is 3. The molecule has 38 heavy (non-hydrogen) atoms. The summed E-state index contributed by atoms with van der Waals surface area (Å²) in [6, 6.07) is 8.22. The van der Waals surface area contributed by atoms with Crippen LogP contribution in [0.3, 0.4) is 0 Å². The molecule has 200 valence electrons. The molecule has 5 rings (SSSR count). The zero-order valence-electron chi connectivity index (χ0n) is 22.1. The second kappa shape index (κ2) is 10.5. The quantitative estimate of drug-likeness (QED) is 0.288. The van der Waals surface area contributed by atoms with Gasteiger partial charge in [-0.3, -0.25) is 18.9 Å². The number of ketones is 1. The summed E-state index contributed by atoms with van der Waals surface area (Å²) >= 11 is 0.